The molecule has 0 aromatic heterocycles. The average Bonchev–Trinajstić information content (AvgIpc) is 3.29. The highest BCUT2D eigenvalue weighted by molar-refractivity contribution is 5.80. The lowest BCUT2D eigenvalue weighted by atomic mass is 9.81. The van der Waals surface area contributed by atoms with Gasteiger partial charge in [0.2, 0.25) is 0 Å². The van der Waals surface area contributed by atoms with Crippen molar-refractivity contribution in [3.63, 3.8) is 0 Å². The maximum Gasteiger partial charge on any atom is 0.309 e. The molecular formula is C15H24O5. The highest BCUT2D eigenvalue weighted by Gasteiger charge is 2.41. The van der Waals surface area contributed by atoms with Gasteiger partial charge in [-0.15, -0.1) is 0 Å². The van der Waals surface area contributed by atoms with Crippen LogP contribution in [0.1, 0.15) is 39.0 Å². The topological polar surface area (TPSA) is 61.8 Å². The molecule has 114 valence electrons. The van der Waals surface area contributed by atoms with E-state index in [0.717, 1.165) is 12.8 Å². The minimum absolute atomic E-state index is 0.109. The molecule has 20 heavy (non-hydrogen) atoms. The number of methoxy groups -OCH3 is 1. The molecule has 1 aliphatic heterocycles. The van der Waals surface area contributed by atoms with Crippen molar-refractivity contribution in [1.82, 2.24) is 0 Å². The molecule has 0 bridgehead atoms. The highest BCUT2D eigenvalue weighted by Crippen LogP contribution is 2.41. The third kappa shape index (κ3) is 3.95. The average molecular weight is 284 g/mol. The molecule has 1 aliphatic carbocycles. The zero-order valence-electron chi connectivity index (χ0n) is 12.3. The Morgan fingerprint density at radius 3 is 2.65 bits per heavy atom. The molecule has 5 heteroatoms. The number of rotatable bonds is 6. The van der Waals surface area contributed by atoms with Crippen molar-refractivity contribution in [2.24, 2.45) is 17.8 Å². The molecule has 3 atom stereocenters. The molecule has 2 fully saturated rings. The van der Waals surface area contributed by atoms with Crippen molar-refractivity contribution >= 4 is 11.9 Å². The van der Waals surface area contributed by atoms with Gasteiger partial charge in [0.05, 0.1) is 32.2 Å². The second-order valence-corrected chi connectivity index (χ2v) is 5.67. The Hall–Kier alpha value is -1.10. The number of carbonyl (C=O) groups is 2. The van der Waals surface area contributed by atoms with Gasteiger partial charge < -0.3 is 14.2 Å². The van der Waals surface area contributed by atoms with Crippen LogP contribution in [-0.2, 0) is 23.8 Å². The van der Waals surface area contributed by atoms with Crippen molar-refractivity contribution in [1.29, 1.82) is 0 Å². The van der Waals surface area contributed by atoms with E-state index in [0.29, 0.717) is 19.1 Å². The lowest BCUT2D eigenvalue weighted by molar-refractivity contribution is -0.158. The molecule has 1 heterocycles. The van der Waals surface area contributed by atoms with Gasteiger partial charge in [0, 0.05) is 6.61 Å². The monoisotopic (exact) mass is 284 g/mol. The standard InChI is InChI=1S/C15H24O5/c1-3-19-15(17)12(9-14(16)18-2)11-6-7-20-13(8-11)10-4-5-10/h10-13H,3-9H2,1-2H3/t11-,12-,13+/m1/s1. The number of hydrogen-bond acceptors (Lipinski definition) is 5. The molecule has 0 spiro atoms. The Morgan fingerprint density at radius 2 is 2.05 bits per heavy atom. The maximum absolute atomic E-state index is 12.1. The lowest BCUT2D eigenvalue weighted by Crippen LogP contribution is -2.36. The summed E-state index contributed by atoms with van der Waals surface area (Å²) in [6, 6.07) is 0. The fraction of sp³-hybridized carbons (Fsp3) is 0.867. The highest BCUT2D eigenvalue weighted by atomic mass is 16.5. The van der Waals surface area contributed by atoms with E-state index >= 15 is 0 Å². The van der Waals surface area contributed by atoms with Crippen LogP contribution >= 0.6 is 0 Å². The van der Waals surface area contributed by atoms with E-state index in [1.165, 1.54) is 20.0 Å². The van der Waals surface area contributed by atoms with E-state index < -0.39 is 5.92 Å². The van der Waals surface area contributed by atoms with E-state index in [2.05, 4.69) is 0 Å². The summed E-state index contributed by atoms with van der Waals surface area (Å²) in [6.07, 6.45) is 4.46. The van der Waals surface area contributed by atoms with Crippen LogP contribution in [0.25, 0.3) is 0 Å². The molecule has 1 saturated heterocycles. The predicted molar refractivity (Wildman–Crippen MR) is 71.9 cm³/mol. The molecule has 5 nitrogen and oxygen atoms in total. The minimum Gasteiger partial charge on any atom is -0.469 e. The van der Waals surface area contributed by atoms with Crippen LogP contribution in [0, 0.1) is 17.8 Å². The summed E-state index contributed by atoms with van der Waals surface area (Å²) in [5.41, 5.74) is 0. The van der Waals surface area contributed by atoms with E-state index in [4.69, 9.17) is 14.2 Å². The van der Waals surface area contributed by atoms with Crippen molar-refractivity contribution in [2.45, 2.75) is 45.1 Å². The largest absolute Gasteiger partial charge is 0.469 e. The molecule has 0 radical (unpaired) electrons. The summed E-state index contributed by atoms with van der Waals surface area (Å²) >= 11 is 0. The fourth-order valence-corrected chi connectivity index (χ4v) is 2.97. The maximum atomic E-state index is 12.1. The Labute approximate surface area is 120 Å². The van der Waals surface area contributed by atoms with Crippen LogP contribution in [0.5, 0.6) is 0 Å². The van der Waals surface area contributed by atoms with E-state index in [9.17, 15) is 9.59 Å². The summed E-state index contributed by atoms with van der Waals surface area (Å²) < 4.78 is 15.6. The molecule has 0 amide bonds. The minimum atomic E-state index is -0.396. The molecule has 2 aliphatic rings. The van der Waals surface area contributed by atoms with Gasteiger partial charge >= 0.3 is 11.9 Å². The summed E-state index contributed by atoms with van der Waals surface area (Å²) in [5, 5.41) is 0. The Morgan fingerprint density at radius 1 is 1.30 bits per heavy atom. The van der Waals surface area contributed by atoms with Crippen LogP contribution in [0.4, 0.5) is 0 Å². The zero-order valence-corrected chi connectivity index (χ0v) is 12.3. The van der Waals surface area contributed by atoms with Crippen LogP contribution in [0.2, 0.25) is 0 Å². The van der Waals surface area contributed by atoms with Crippen molar-refractivity contribution in [3.05, 3.63) is 0 Å². The Kier molecular flexibility index (Phi) is 5.40. The SMILES string of the molecule is CCOC(=O)[C@H](CC(=O)OC)[C@@H]1CCO[C@H](C2CC2)C1. The molecule has 0 unspecified atom stereocenters. The summed E-state index contributed by atoms with van der Waals surface area (Å²) in [7, 11) is 1.35. The van der Waals surface area contributed by atoms with Gasteiger partial charge in [0.25, 0.3) is 0 Å². The number of carbonyl (C=O) groups excluding carboxylic acids is 2. The van der Waals surface area contributed by atoms with Crippen LogP contribution in [-0.4, -0.2) is 38.4 Å². The summed E-state index contributed by atoms with van der Waals surface area (Å²) in [4.78, 5) is 23.7. The quantitative estimate of drug-likeness (QED) is 0.697. The molecule has 1 saturated carbocycles. The van der Waals surface area contributed by atoms with Gasteiger partial charge in [0.15, 0.2) is 0 Å². The van der Waals surface area contributed by atoms with Crippen molar-refractivity contribution in [2.75, 3.05) is 20.3 Å². The third-order valence-corrected chi connectivity index (χ3v) is 4.28. The second kappa shape index (κ2) is 7.07. The smallest absolute Gasteiger partial charge is 0.309 e. The number of ether oxygens (including phenoxy) is 3. The van der Waals surface area contributed by atoms with Gasteiger partial charge in [-0.1, -0.05) is 0 Å². The second-order valence-electron chi connectivity index (χ2n) is 5.67. The Balaban J connectivity index is 1.99. The first-order chi connectivity index (χ1) is 9.65. The first-order valence-electron chi connectivity index (χ1n) is 7.50. The zero-order chi connectivity index (χ0) is 14.5. The van der Waals surface area contributed by atoms with Gasteiger partial charge in [0.1, 0.15) is 0 Å². The van der Waals surface area contributed by atoms with E-state index in [-0.39, 0.29) is 30.4 Å². The third-order valence-electron chi connectivity index (χ3n) is 4.28. The number of hydrogen-bond donors (Lipinski definition) is 0. The molecule has 0 aromatic rings. The normalized spacial score (nSPS) is 27.7. The van der Waals surface area contributed by atoms with Gasteiger partial charge in [-0.05, 0) is 44.4 Å². The Bertz CT molecular complexity index is 350. The first-order valence-corrected chi connectivity index (χ1v) is 7.50. The summed E-state index contributed by atoms with van der Waals surface area (Å²) in [6.45, 7) is 2.79. The predicted octanol–water partition coefficient (Wildman–Crippen LogP) is 1.93. The van der Waals surface area contributed by atoms with Gasteiger partial charge in [-0.2, -0.15) is 0 Å². The molecule has 2 rings (SSSR count). The van der Waals surface area contributed by atoms with E-state index in [1.807, 2.05) is 0 Å². The molecule has 0 N–H and O–H groups in total. The summed E-state index contributed by atoms with van der Waals surface area (Å²) in [5.74, 6) is -0.212. The molecule has 0 aromatic carbocycles. The molecular weight excluding hydrogens is 260 g/mol. The van der Waals surface area contributed by atoms with Gasteiger partial charge in [-0.25, -0.2) is 0 Å². The van der Waals surface area contributed by atoms with Crippen LogP contribution in [0.15, 0.2) is 0 Å². The van der Waals surface area contributed by atoms with Crippen LogP contribution < -0.4 is 0 Å². The fourth-order valence-electron chi connectivity index (χ4n) is 2.97. The van der Waals surface area contributed by atoms with Crippen LogP contribution in [0.3, 0.4) is 0 Å². The van der Waals surface area contributed by atoms with Gasteiger partial charge in [-0.3, -0.25) is 9.59 Å². The lowest BCUT2D eigenvalue weighted by Gasteiger charge is -2.33. The number of esters is 2. The van der Waals surface area contributed by atoms with Crippen molar-refractivity contribution in [3.8, 4) is 0 Å². The van der Waals surface area contributed by atoms with Crippen molar-refractivity contribution < 1.29 is 23.8 Å². The van der Waals surface area contributed by atoms with E-state index in [1.54, 1.807) is 6.92 Å². The first kappa shape index (κ1) is 15.3.